The summed E-state index contributed by atoms with van der Waals surface area (Å²) in [6.07, 6.45) is 2.50. The molecule has 21 heavy (non-hydrogen) atoms. The van der Waals surface area contributed by atoms with Gasteiger partial charge in [0.15, 0.2) is 5.96 Å². The summed E-state index contributed by atoms with van der Waals surface area (Å²) < 4.78 is 11.0. The zero-order chi connectivity index (χ0) is 15.1. The monoisotopic (exact) mass is 291 g/mol. The highest BCUT2D eigenvalue weighted by Crippen LogP contribution is 2.13. The molecule has 0 saturated carbocycles. The van der Waals surface area contributed by atoms with Gasteiger partial charge in [-0.05, 0) is 49.9 Å². The fraction of sp³-hybridized carbons (Fsp3) is 0.562. The fourth-order valence-electron chi connectivity index (χ4n) is 2.46. The summed E-state index contributed by atoms with van der Waals surface area (Å²) in [5, 5.41) is 3.10. The number of anilines is 1. The van der Waals surface area contributed by atoms with E-state index >= 15 is 0 Å². The third-order valence-corrected chi connectivity index (χ3v) is 3.34. The molecule has 1 saturated heterocycles. The Bertz CT molecular complexity index is 462. The van der Waals surface area contributed by atoms with Gasteiger partial charge in [0.2, 0.25) is 0 Å². The predicted molar refractivity (Wildman–Crippen MR) is 85.8 cm³/mol. The molecule has 0 radical (unpaired) electrons. The molecular weight excluding hydrogens is 266 g/mol. The molecule has 0 aliphatic carbocycles. The SMILES string of the molecule is Cc1cc(C)cc(NC(N)=NCCOCC2CCCO2)c1. The number of ether oxygens (including phenoxy) is 2. The second-order valence-corrected chi connectivity index (χ2v) is 5.48. The van der Waals surface area contributed by atoms with Gasteiger partial charge in [-0.3, -0.25) is 4.99 Å². The Kier molecular flexibility index (Phi) is 6.02. The summed E-state index contributed by atoms with van der Waals surface area (Å²) in [5.41, 5.74) is 9.23. The summed E-state index contributed by atoms with van der Waals surface area (Å²) in [7, 11) is 0. The van der Waals surface area contributed by atoms with E-state index in [9.17, 15) is 0 Å². The zero-order valence-electron chi connectivity index (χ0n) is 12.9. The van der Waals surface area contributed by atoms with Crippen molar-refractivity contribution < 1.29 is 9.47 Å². The van der Waals surface area contributed by atoms with Gasteiger partial charge in [0, 0.05) is 12.3 Å². The molecule has 1 atom stereocenters. The van der Waals surface area contributed by atoms with Crippen LogP contribution in [0.15, 0.2) is 23.2 Å². The van der Waals surface area contributed by atoms with E-state index in [-0.39, 0.29) is 6.10 Å². The van der Waals surface area contributed by atoms with Crippen molar-refractivity contribution in [3.63, 3.8) is 0 Å². The molecule has 1 fully saturated rings. The molecule has 0 amide bonds. The van der Waals surface area contributed by atoms with Crippen LogP contribution in [0.2, 0.25) is 0 Å². The Balaban J connectivity index is 1.68. The smallest absolute Gasteiger partial charge is 0.193 e. The van der Waals surface area contributed by atoms with Gasteiger partial charge in [-0.15, -0.1) is 0 Å². The third-order valence-electron chi connectivity index (χ3n) is 3.34. The topological polar surface area (TPSA) is 68.9 Å². The predicted octanol–water partition coefficient (Wildman–Crippen LogP) is 2.23. The van der Waals surface area contributed by atoms with Gasteiger partial charge in [0.25, 0.3) is 0 Å². The lowest BCUT2D eigenvalue weighted by atomic mass is 10.1. The maximum absolute atomic E-state index is 5.87. The molecular formula is C16H25N3O2. The van der Waals surface area contributed by atoms with Crippen molar-refractivity contribution in [3.8, 4) is 0 Å². The second-order valence-electron chi connectivity index (χ2n) is 5.48. The van der Waals surface area contributed by atoms with Crippen LogP contribution in [0, 0.1) is 13.8 Å². The van der Waals surface area contributed by atoms with Crippen LogP contribution in [0.1, 0.15) is 24.0 Å². The minimum absolute atomic E-state index is 0.264. The van der Waals surface area contributed by atoms with Gasteiger partial charge in [0.1, 0.15) is 0 Å². The van der Waals surface area contributed by atoms with Gasteiger partial charge in [-0.25, -0.2) is 0 Å². The maximum Gasteiger partial charge on any atom is 0.193 e. The first-order chi connectivity index (χ1) is 10.1. The second kappa shape index (κ2) is 8.00. The van der Waals surface area contributed by atoms with E-state index in [4.69, 9.17) is 15.2 Å². The first-order valence-corrected chi connectivity index (χ1v) is 7.48. The molecule has 3 N–H and O–H groups in total. The van der Waals surface area contributed by atoms with Gasteiger partial charge in [0.05, 0.1) is 25.9 Å². The van der Waals surface area contributed by atoms with Crippen molar-refractivity contribution in [2.45, 2.75) is 32.8 Å². The minimum Gasteiger partial charge on any atom is -0.377 e. The number of benzene rings is 1. The number of nitrogens with one attached hydrogen (secondary N) is 1. The Morgan fingerprint density at radius 3 is 2.81 bits per heavy atom. The first-order valence-electron chi connectivity index (χ1n) is 7.48. The molecule has 2 rings (SSSR count). The summed E-state index contributed by atoms with van der Waals surface area (Å²) in [6.45, 7) is 6.75. The number of aliphatic imine (C=N–C) groups is 1. The molecule has 5 nitrogen and oxygen atoms in total. The summed E-state index contributed by atoms with van der Waals surface area (Å²) in [4.78, 5) is 4.26. The van der Waals surface area contributed by atoms with E-state index < -0.39 is 0 Å². The summed E-state index contributed by atoms with van der Waals surface area (Å²) in [6, 6.07) is 6.21. The Morgan fingerprint density at radius 2 is 2.14 bits per heavy atom. The third kappa shape index (κ3) is 5.73. The molecule has 0 spiro atoms. The van der Waals surface area contributed by atoms with E-state index in [1.165, 1.54) is 11.1 Å². The van der Waals surface area contributed by atoms with Crippen molar-refractivity contribution in [1.82, 2.24) is 0 Å². The number of hydrogen-bond acceptors (Lipinski definition) is 3. The highest BCUT2D eigenvalue weighted by atomic mass is 16.5. The maximum atomic E-state index is 5.87. The van der Waals surface area contributed by atoms with Crippen molar-refractivity contribution in [3.05, 3.63) is 29.3 Å². The first kappa shape index (κ1) is 15.8. The lowest BCUT2D eigenvalue weighted by molar-refractivity contribution is 0.0200. The van der Waals surface area contributed by atoms with E-state index in [1.54, 1.807) is 0 Å². The molecule has 1 heterocycles. The van der Waals surface area contributed by atoms with Crippen LogP contribution in [-0.4, -0.2) is 38.4 Å². The van der Waals surface area contributed by atoms with Crippen molar-refractivity contribution in [2.24, 2.45) is 10.7 Å². The molecule has 1 unspecified atom stereocenters. The van der Waals surface area contributed by atoms with Gasteiger partial charge in [-0.2, -0.15) is 0 Å². The van der Waals surface area contributed by atoms with Crippen molar-refractivity contribution in [2.75, 3.05) is 31.7 Å². The highest BCUT2D eigenvalue weighted by molar-refractivity contribution is 5.92. The minimum atomic E-state index is 0.264. The van der Waals surface area contributed by atoms with Crippen LogP contribution in [-0.2, 0) is 9.47 Å². The quantitative estimate of drug-likeness (QED) is 0.479. The van der Waals surface area contributed by atoms with Crippen LogP contribution < -0.4 is 11.1 Å². The molecule has 0 bridgehead atoms. The number of guanidine groups is 1. The van der Waals surface area contributed by atoms with E-state index in [2.05, 4.69) is 30.2 Å². The number of hydrogen-bond donors (Lipinski definition) is 2. The summed E-state index contributed by atoms with van der Waals surface area (Å²) >= 11 is 0. The number of nitrogens with zero attached hydrogens (tertiary/aromatic N) is 1. The van der Waals surface area contributed by atoms with Crippen LogP contribution in [0.4, 0.5) is 5.69 Å². The molecule has 0 aromatic heterocycles. The largest absolute Gasteiger partial charge is 0.377 e. The normalized spacial score (nSPS) is 19.0. The Morgan fingerprint density at radius 1 is 1.38 bits per heavy atom. The highest BCUT2D eigenvalue weighted by Gasteiger charge is 2.14. The molecule has 5 heteroatoms. The fourth-order valence-corrected chi connectivity index (χ4v) is 2.46. The van der Waals surface area contributed by atoms with Gasteiger partial charge >= 0.3 is 0 Å². The standard InChI is InChI=1S/C16H25N3O2/c1-12-8-13(2)10-14(9-12)19-16(17)18-5-7-20-11-15-4-3-6-21-15/h8-10,15H,3-7,11H2,1-2H3,(H3,17,18,19). The van der Waals surface area contributed by atoms with Crippen LogP contribution in [0.3, 0.4) is 0 Å². The summed E-state index contributed by atoms with van der Waals surface area (Å²) in [5.74, 6) is 0.417. The van der Waals surface area contributed by atoms with E-state index in [0.717, 1.165) is 25.1 Å². The molecule has 1 aliphatic rings. The molecule has 1 aliphatic heterocycles. The van der Waals surface area contributed by atoms with Crippen LogP contribution in [0.25, 0.3) is 0 Å². The number of nitrogens with two attached hydrogens (primary N) is 1. The average Bonchev–Trinajstić information content (AvgIpc) is 2.90. The molecule has 116 valence electrons. The zero-order valence-corrected chi connectivity index (χ0v) is 12.9. The lowest BCUT2D eigenvalue weighted by Gasteiger charge is -2.10. The Hall–Kier alpha value is -1.59. The van der Waals surface area contributed by atoms with Crippen LogP contribution >= 0.6 is 0 Å². The van der Waals surface area contributed by atoms with E-state index in [0.29, 0.717) is 25.7 Å². The number of rotatable bonds is 6. The van der Waals surface area contributed by atoms with Crippen LogP contribution in [0.5, 0.6) is 0 Å². The lowest BCUT2D eigenvalue weighted by Crippen LogP contribution is -2.24. The molecule has 1 aromatic carbocycles. The molecule has 1 aromatic rings. The van der Waals surface area contributed by atoms with Crippen molar-refractivity contribution in [1.29, 1.82) is 0 Å². The van der Waals surface area contributed by atoms with Gasteiger partial charge < -0.3 is 20.5 Å². The van der Waals surface area contributed by atoms with Gasteiger partial charge in [-0.1, -0.05) is 6.07 Å². The van der Waals surface area contributed by atoms with E-state index in [1.807, 2.05) is 12.1 Å². The van der Waals surface area contributed by atoms with Crippen molar-refractivity contribution >= 4 is 11.6 Å². The Labute approximate surface area is 126 Å². The average molecular weight is 291 g/mol. The number of aryl methyl sites for hydroxylation is 2.